The monoisotopic (exact) mass is 353 g/mol. The molecule has 1 aromatic carbocycles. The molecule has 0 saturated heterocycles. The van der Waals surface area contributed by atoms with Crippen LogP contribution in [0.3, 0.4) is 0 Å². The quantitative estimate of drug-likeness (QED) is 0.759. The molecule has 0 saturated carbocycles. The fourth-order valence-electron chi connectivity index (χ4n) is 1.96. The number of nitrogen functional groups attached to an aromatic ring is 1. The van der Waals surface area contributed by atoms with E-state index in [1.165, 1.54) is 6.07 Å². The second kappa shape index (κ2) is 8.57. The van der Waals surface area contributed by atoms with E-state index < -0.39 is 0 Å². The van der Waals surface area contributed by atoms with Crippen LogP contribution in [-0.2, 0) is 11.3 Å². The molecular formula is C17H15N5O2S. The third-order valence-electron chi connectivity index (χ3n) is 3.22. The molecule has 0 aliphatic rings. The number of carbonyl (C=O) groups is 1. The van der Waals surface area contributed by atoms with Crippen LogP contribution < -0.4 is 15.8 Å². The summed E-state index contributed by atoms with van der Waals surface area (Å²) in [5, 5.41) is 21.1. The number of ether oxygens (including phenoxy) is 1. The lowest BCUT2D eigenvalue weighted by Crippen LogP contribution is -2.24. The Balaban J connectivity index is 1.95. The zero-order valence-electron chi connectivity index (χ0n) is 13.4. The van der Waals surface area contributed by atoms with Gasteiger partial charge in [-0.25, -0.2) is 4.98 Å². The summed E-state index contributed by atoms with van der Waals surface area (Å²) in [6, 6.07) is 12.6. The highest BCUT2D eigenvalue weighted by Gasteiger charge is 2.12. The van der Waals surface area contributed by atoms with Crippen molar-refractivity contribution in [3.8, 4) is 17.9 Å². The number of aromatic nitrogens is 1. The summed E-state index contributed by atoms with van der Waals surface area (Å²) in [6.45, 7) is 0.366. The fourth-order valence-corrected chi connectivity index (χ4v) is 2.75. The van der Waals surface area contributed by atoms with Crippen molar-refractivity contribution in [2.24, 2.45) is 0 Å². The maximum Gasteiger partial charge on any atom is 0.230 e. The maximum absolute atomic E-state index is 12.0. The number of hydrogen-bond donors (Lipinski definition) is 2. The van der Waals surface area contributed by atoms with Gasteiger partial charge in [0.05, 0.1) is 24.0 Å². The number of carbonyl (C=O) groups excluding carboxylic acids is 1. The van der Waals surface area contributed by atoms with E-state index in [-0.39, 0.29) is 28.6 Å². The van der Waals surface area contributed by atoms with Crippen LogP contribution >= 0.6 is 11.8 Å². The van der Waals surface area contributed by atoms with Crippen LogP contribution in [0.25, 0.3) is 0 Å². The molecule has 1 aromatic heterocycles. The minimum Gasteiger partial charge on any atom is -0.497 e. The number of hydrogen-bond acceptors (Lipinski definition) is 7. The molecular weight excluding hydrogens is 338 g/mol. The van der Waals surface area contributed by atoms with E-state index in [0.29, 0.717) is 11.6 Å². The van der Waals surface area contributed by atoms with Gasteiger partial charge in [0.1, 0.15) is 28.7 Å². The normalized spacial score (nSPS) is 9.72. The van der Waals surface area contributed by atoms with Crippen molar-refractivity contribution in [1.82, 2.24) is 10.3 Å². The van der Waals surface area contributed by atoms with Crippen LogP contribution in [0.15, 0.2) is 35.4 Å². The number of benzene rings is 1. The first-order chi connectivity index (χ1) is 12.1. The van der Waals surface area contributed by atoms with E-state index >= 15 is 0 Å². The molecule has 0 aliphatic heterocycles. The van der Waals surface area contributed by atoms with E-state index in [1.807, 2.05) is 36.4 Å². The predicted molar refractivity (Wildman–Crippen MR) is 93.6 cm³/mol. The summed E-state index contributed by atoms with van der Waals surface area (Å²) < 4.78 is 5.13. The Labute approximate surface area is 149 Å². The fraction of sp³-hybridized carbons (Fsp3) is 0.176. The molecule has 3 N–H and O–H groups in total. The highest BCUT2D eigenvalue weighted by atomic mass is 32.2. The summed E-state index contributed by atoms with van der Waals surface area (Å²) in [6.07, 6.45) is 0. The molecule has 8 heteroatoms. The first-order valence-electron chi connectivity index (χ1n) is 7.20. The number of methoxy groups -OCH3 is 1. The summed E-state index contributed by atoms with van der Waals surface area (Å²) in [7, 11) is 1.58. The molecule has 25 heavy (non-hydrogen) atoms. The molecule has 0 atom stereocenters. The average Bonchev–Trinajstić information content (AvgIpc) is 2.64. The van der Waals surface area contributed by atoms with E-state index in [4.69, 9.17) is 21.0 Å². The first-order valence-corrected chi connectivity index (χ1v) is 8.19. The summed E-state index contributed by atoms with van der Waals surface area (Å²) >= 11 is 1.10. The van der Waals surface area contributed by atoms with E-state index in [0.717, 1.165) is 23.1 Å². The lowest BCUT2D eigenvalue weighted by Gasteiger charge is -2.08. The minimum absolute atomic E-state index is 0.0424. The van der Waals surface area contributed by atoms with Gasteiger partial charge in [0, 0.05) is 6.54 Å². The van der Waals surface area contributed by atoms with Crippen molar-refractivity contribution >= 4 is 23.5 Å². The maximum atomic E-state index is 12.0. The van der Waals surface area contributed by atoms with Crippen molar-refractivity contribution in [3.63, 3.8) is 0 Å². The van der Waals surface area contributed by atoms with Gasteiger partial charge in [-0.15, -0.1) is 0 Å². The number of nitriles is 2. The van der Waals surface area contributed by atoms with Gasteiger partial charge in [0.25, 0.3) is 0 Å². The van der Waals surface area contributed by atoms with Crippen LogP contribution in [-0.4, -0.2) is 23.8 Å². The number of nitrogens with one attached hydrogen (secondary N) is 1. The van der Waals surface area contributed by atoms with Crippen LogP contribution in [0.4, 0.5) is 5.82 Å². The summed E-state index contributed by atoms with van der Waals surface area (Å²) in [5.41, 5.74) is 6.93. The Kier molecular flexibility index (Phi) is 6.21. The van der Waals surface area contributed by atoms with Gasteiger partial charge in [-0.05, 0) is 23.8 Å². The standard InChI is InChI=1S/C17H15N5O2S/c1-24-14-4-2-3-11(5-14)9-21-15(23)10-25-17-13(8-19)6-12(7-18)16(20)22-17/h2-6H,9-10H2,1H3,(H2,20,22)(H,21,23). The minimum atomic E-state index is -0.207. The number of amides is 1. The molecule has 0 fully saturated rings. The molecule has 0 aliphatic carbocycles. The Morgan fingerprint density at radius 2 is 2.08 bits per heavy atom. The second-order valence-electron chi connectivity index (χ2n) is 4.91. The van der Waals surface area contributed by atoms with Crippen molar-refractivity contribution < 1.29 is 9.53 Å². The van der Waals surface area contributed by atoms with Gasteiger partial charge in [0.2, 0.25) is 5.91 Å². The largest absolute Gasteiger partial charge is 0.497 e. The molecule has 1 amide bonds. The number of nitrogens with two attached hydrogens (primary N) is 1. The number of nitrogens with zero attached hydrogens (tertiary/aromatic N) is 3. The smallest absolute Gasteiger partial charge is 0.230 e. The number of pyridine rings is 1. The average molecular weight is 353 g/mol. The van der Waals surface area contributed by atoms with Crippen LogP contribution in [0.2, 0.25) is 0 Å². The van der Waals surface area contributed by atoms with Gasteiger partial charge in [-0.2, -0.15) is 10.5 Å². The van der Waals surface area contributed by atoms with Gasteiger partial charge < -0.3 is 15.8 Å². The molecule has 2 aromatic rings. The van der Waals surface area contributed by atoms with Gasteiger partial charge in [0.15, 0.2) is 0 Å². The van der Waals surface area contributed by atoms with Gasteiger partial charge >= 0.3 is 0 Å². The molecule has 0 bridgehead atoms. The molecule has 0 radical (unpaired) electrons. The highest BCUT2D eigenvalue weighted by Crippen LogP contribution is 2.23. The third kappa shape index (κ3) is 4.87. The lowest BCUT2D eigenvalue weighted by atomic mass is 10.2. The summed E-state index contributed by atoms with van der Waals surface area (Å²) in [4.78, 5) is 16.0. The number of rotatable bonds is 6. The molecule has 126 valence electrons. The Bertz CT molecular complexity index is 870. The topological polar surface area (TPSA) is 125 Å². The summed E-state index contributed by atoms with van der Waals surface area (Å²) in [5.74, 6) is 0.635. The predicted octanol–water partition coefficient (Wildman–Crippen LogP) is 1.82. The van der Waals surface area contributed by atoms with Crippen molar-refractivity contribution in [1.29, 1.82) is 10.5 Å². The van der Waals surface area contributed by atoms with E-state index in [1.54, 1.807) is 7.11 Å². The van der Waals surface area contributed by atoms with Crippen LogP contribution in [0, 0.1) is 22.7 Å². The van der Waals surface area contributed by atoms with Gasteiger partial charge in [-0.3, -0.25) is 4.79 Å². The van der Waals surface area contributed by atoms with Gasteiger partial charge in [-0.1, -0.05) is 23.9 Å². The first kappa shape index (κ1) is 18.1. The molecule has 7 nitrogen and oxygen atoms in total. The molecule has 0 spiro atoms. The second-order valence-corrected chi connectivity index (χ2v) is 5.88. The Morgan fingerprint density at radius 3 is 2.76 bits per heavy atom. The zero-order valence-corrected chi connectivity index (χ0v) is 14.3. The Hall–Kier alpha value is -3.23. The van der Waals surface area contributed by atoms with Crippen molar-refractivity contribution in [2.75, 3.05) is 18.6 Å². The SMILES string of the molecule is COc1cccc(CNC(=O)CSc2nc(N)c(C#N)cc2C#N)c1. The third-order valence-corrected chi connectivity index (χ3v) is 4.21. The van der Waals surface area contributed by atoms with E-state index in [2.05, 4.69) is 10.3 Å². The molecule has 1 heterocycles. The number of thioether (sulfide) groups is 1. The number of anilines is 1. The van der Waals surface area contributed by atoms with Crippen molar-refractivity contribution in [3.05, 3.63) is 47.0 Å². The van der Waals surface area contributed by atoms with Crippen LogP contribution in [0.1, 0.15) is 16.7 Å². The molecule has 0 unspecified atom stereocenters. The lowest BCUT2D eigenvalue weighted by molar-refractivity contribution is -0.118. The zero-order chi connectivity index (χ0) is 18.2. The van der Waals surface area contributed by atoms with E-state index in [9.17, 15) is 4.79 Å². The molecule has 2 rings (SSSR count). The highest BCUT2D eigenvalue weighted by molar-refractivity contribution is 8.00. The van der Waals surface area contributed by atoms with Crippen molar-refractivity contribution in [2.45, 2.75) is 11.6 Å². The van der Waals surface area contributed by atoms with Crippen LogP contribution in [0.5, 0.6) is 5.75 Å². The Morgan fingerprint density at radius 1 is 1.32 bits per heavy atom.